The summed E-state index contributed by atoms with van der Waals surface area (Å²) in [7, 11) is -1.92. The monoisotopic (exact) mass is 413 g/mol. The van der Waals surface area contributed by atoms with Gasteiger partial charge in [0.05, 0.1) is 5.56 Å². The Morgan fingerprint density at radius 2 is 1.64 bits per heavy atom. The summed E-state index contributed by atoms with van der Waals surface area (Å²) >= 11 is 0. The molecule has 0 heterocycles. The summed E-state index contributed by atoms with van der Waals surface area (Å²) < 4.78 is 58.9. The third kappa shape index (κ3) is 5.14. The Bertz CT molecular complexity index is 841. The molecule has 0 amide bonds. The summed E-state index contributed by atoms with van der Waals surface area (Å²) in [6.45, 7) is 11.2. The summed E-state index contributed by atoms with van der Waals surface area (Å²) in [5, 5.41) is 0.0699. The predicted molar refractivity (Wildman–Crippen MR) is 108 cm³/mol. The largest absolute Gasteiger partial charge is 0.418 e. The minimum absolute atomic E-state index is 0.0699. The lowest BCUT2D eigenvalue weighted by Gasteiger charge is -2.36. The van der Waals surface area contributed by atoms with Crippen molar-refractivity contribution in [3.63, 3.8) is 0 Å². The first-order valence-electron chi connectivity index (χ1n) is 9.12. The van der Waals surface area contributed by atoms with Gasteiger partial charge in [-0.25, -0.2) is 4.39 Å². The second-order valence-corrected chi connectivity index (χ2v) is 13.3. The van der Waals surface area contributed by atoms with Crippen LogP contribution >= 0.6 is 0 Å². The zero-order chi connectivity index (χ0) is 21.3. The molecule has 0 atom stereocenters. The summed E-state index contributed by atoms with van der Waals surface area (Å²) in [5.74, 6) is -0.456. The van der Waals surface area contributed by atoms with E-state index in [1.807, 2.05) is 0 Å². The van der Waals surface area contributed by atoms with Gasteiger partial charge in [0.1, 0.15) is 5.82 Å². The highest BCUT2D eigenvalue weighted by atomic mass is 28.4. The molecule has 0 bridgehead atoms. The number of anilines is 1. The average Bonchev–Trinajstić information content (AvgIpc) is 2.53. The van der Waals surface area contributed by atoms with Crippen LogP contribution in [-0.2, 0) is 17.0 Å². The van der Waals surface area contributed by atoms with Gasteiger partial charge in [-0.15, -0.1) is 0 Å². The van der Waals surface area contributed by atoms with Gasteiger partial charge < -0.3 is 10.2 Å². The molecule has 0 radical (unpaired) electrons. The van der Waals surface area contributed by atoms with Gasteiger partial charge in [-0.05, 0) is 65.5 Å². The van der Waals surface area contributed by atoms with E-state index in [0.717, 1.165) is 11.6 Å². The molecular weight excluding hydrogens is 386 g/mol. The van der Waals surface area contributed by atoms with E-state index in [4.69, 9.17) is 10.2 Å². The second-order valence-electron chi connectivity index (χ2n) is 8.46. The maximum Gasteiger partial charge on any atom is 0.418 e. The molecule has 2 N–H and O–H groups in total. The second kappa shape index (κ2) is 7.87. The first kappa shape index (κ1) is 22.4. The third-order valence-electron chi connectivity index (χ3n) is 5.38. The Kier molecular flexibility index (Phi) is 6.30. The van der Waals surface area contributed by atoms with Crippen LogP contribution < -0.4 is 5.73 Å². The Labute approximate surface area is 164 Å². The number of benzene rings is 2. The van der Waals surface area contributed by atoms with Crippen LogP contribution in [0.25, 0.3) is 11.1 Å². The summed E-state index contributed by atoms with van der Waals surface area (Å²) in [6.07, 6.45) is -3.99. The molecule has 7 heteroatoms. The van der Waals surface area contributed by atoms with Gasteiger partial charge >= 0.3 is 6.18 Å². The van der Waals surface area contributed by atoms with Crippen LogP contribution in [0.3, 0.4) is 0 Å². The highest BCUT2D eigenvalue weighted by Gasteiger charge is 2.37. The normalized spacial score (nSPS) is 13.0. The minimum Gasteiger partial charge on any atom is -0.416 e. The van der Waals surface area contributed by atoms with Crippen LogP contribution in [-0.4, -0.2) is 14.9 Å². The molecule has 28 heavy (non-hydrogen) atoms. The summed E-state index contributed by atoms with van der Waals surface area (Å²) in [5.41, 5.74) is 6.12. The lowest BCUT2D eigenvalue weighted by molar-refractivity contribution is -0.136. The van der Waals surface area contributed by atoms with Crippen LogP contribution in [0.1, 0.15) is 31.9 Å². The van der Waals surface area contributed by atoms with Crippen LogP contribution in [0.15, 0.2) is 36.4 Å². The molecule has 0 saturated heterocycles. The Hall–Kier alpha value is -1.86. The smallest absolute Gasteiger partial charge is 0.416 e. The van der Waals surface area contributed by atoms with E-state index < -0.39 is 25.9 Å². The number of alkyl halides is 3. The van der Waals surface area contributed by atoms with Crippen molar-refractivity contribution < 1.29 is 22.0 Å². The van der Waals surface area contributed by atoms with E-state index in [1.165, 1.54) is 24.3 Å². The Balaban J connectivity index is 2.30. The van der Waals surface area contributed by atoms with E-state index in [0.29, 0.717) is 24.2 Å². The van der Waals surface area contributed by atoms with E-state index in [9.17, 15) is 17.6 Å². The molecule has 2 aromatic rings. The van der Waals surface area contributed by atoms with E-state index >= 15 is 0 Å². The van der Waals surface area contributed by atoms with Crippen molar-refractivity contribution in [2.45, 2.75) is 51.5 Å². The standard InChI is InChI=1S/C21H27F4NOSi/c1-20(2,3)28(4,5)27-11-10-14-6-8-16(22)13-17(14)15-7-9-18(19(26)12-15)21(23,24)25/h6-9,12-13H,10-11,26H2,1-5H3. The van der Waals surface area contributed by atoms with E-state index in [1.54, 1.807) is 6.07 Å². The number of hydrogen-bond acceptors (Lipinski definition) is 2. The molecule has 0 saturated carbocycles. The van der Waals surface area contributed by atoms with E-state index in [2.05, 4.69) is 33.9 Å². The highest BCUT2D eigenvalue weighted by Crippen LogP contribution is 2.38. The van der Waals surface area contributed by atoms with Gasteiger partial charge in [0.15, 0.2) is 8.32 Å². The fraction of sp³-hybridized carbons (Fsp3) is 0.429. The summed E-state index contributed by atoms with van der Waals surface area (Å²) in [6, 6.07) is 7.82. The number of halogens is 4. The molecule has 0 aliphatic rings. The molecule has 154 valence electrons. The molecule has 0 aliphatic heterocycles. The average molecular weight is 414 g/mol. The molecule has 0 spiro atoms. The van der Waals surface area contributed by atoms with Crippen molar-refractivity contribution in [3.05, 3.63) is 53.3 Å². The molecule has 2 aromatic carbocycles. The molecule has 2 nitrogen and oxygen atoms in total. The zero-order valence-corrected chi connectivity index (χ0v) is 17.9. The Morgan fingerprint density at radius 3 is 2.18 bits per heavy atom. The van der Waals surface area contributed by atoms with Gasteiger partial charge in [-0.3, -0.25) is 0 Å². The number of hydrogen-bond donors (Lipinski definition) is 1. The van der Waals surface area contributed by atoms with Crippen molar-refractivity contribution in [1.29, 1.82) is 0 Å². The van der Waals surface area contributed by atoms with Crippen LogP contribution in [0.4, 0.5) is 23.2 Å². The van der Waals surface area contributed by atoms with Crippen molar-refractivity contribution >= 4 is 14.0 Å². The lowest BCUT2D eigenvalue weighted by atomic mass is 9.96. The molecule has 0 unspecified atom stereocenters. The number of rotatable bonds is 5. The molecule has 2 rings (SSSR count). The quantitative estimate of drug-likeness (QED) is 0.338. The van der Waals surface area contributed by atoms with Gasteiger partial charge in [0.25, 0.3) is 0 Å². The van der Waals surface area contributed by atoms with Gasteiger partial charge in [-0.2, -0.15) is 13.2 Å². The van der Waals surface area contributed by atoms with E-state index in [-0.39, 0.29) is 10.7 Å². The predicted octanol–water partition coefficient (Wildman–Crippen LogP) is 6.66. The van der Waals surface area contributed by atoms with Crippen molar-refractivity contribution in [2.75, 3.05) is 12.3 Å². The lowest BCUT2D eigenvalue weighted by Crippen LogP contribution is -2.41. The zero-order valence-electron chi connectivity index (χ0n) is 16.9. The van der Waals surface area contributed by atoms with Crippen molar-refractivity contribution in [3.8, 4) is 11.1 Å². The molecule has 0 fully saturated rings. The third-order valence-corrected chi connectivity index (χ3v) is 9.92. The van der Waals surface area contributed by atoms with Gasteiger partial charge in [0, 0.05) is 12.3 Å². The van der Waals surface area contributed by atoms with Crippen molar-refractivity contribution in [2.24, 2.45) is 0 Å². The van der Waals surface area contributed by atoms with Crippen LogP contribution in [0.5, 0.6) is 0 Å². The maximum absolute atomic E-state index is 13.8. The Morgan fingerprint density at radius 1 is 1.00 bits per heavy atom. The van der Waals surface area contributed by atoms with Gasteiger partial charge in [0.2, 0.25) is 0 Å². The molecule has 0 aromatic heterocycles. The first-order valence-corrected chi connectivity index (χ1v) is 12.0. The summed E-state index contributed by atoms with van der Waals surface area (Å²) in [4.78, 5) is 0. The van der Waals surface area contributed by atoms with Gasteiger partial charge in [-0.1, -0.05) is 32.9 Å². The number of nitrogens with two attached hydrogens (primary N) is 1. The molecule has 0 aliphatic carbocycles. The fourth-order valence-electron chi connectivity index (χ4n) is 2.66. The van der Waals surface area contributed by atoms with Crippen LogP contribution in [0.2, 0.25) is 18.1 Å². The number of nitrogen functional groups attached to an aromatic ring is 1. The highest BCUT2D eigenvalue weighted by molar-refractivity contribution is 6.74. The van der Waals surface area contributed by atoms with Crippen molar-refractivity contribution in [1.82, 2.24) is 0 Å². The minimum atomic E-state index is -4.52. The maximum atomic E-state index is 13.8. The SMILES string of the molecule is CC(C)(C)[Si](C)(C)OCCc1ccc(F)cc1-c1ccc(C(F)(F)F)c(N)c1. The first-order chi connectivity index (χ1) is 12.7. The fourth-order valence-corrected chi connectivity index (χ4v) is 3.70. The topological polar surface area (TPSA) is 35.2 Å². The van der Waals surface area contributed by atoms with Crippen LogP contribution in [0, 0.1) is 5.82 Å². The molecular formula is C21H27F4NOSi.